The van der Waals surface area contributed by atoms with E-state index in [1.54, 1.807) is 0 Å². The van der Waals surface area contributed by atoms with Crippen LogP contribution in [0.3, 0.4) is 0 Å². The molecule has 1 aliphatic heterocycles. The van der Waals surface area contributed by atoms with Crippen molar-refractivity contribution in [3.63, 3.8) is 0 Å². The lowest BCUT2D eigenvalue weighted by atomic mass is 10.1. The fourth-order valence-corrected chi connectivity index (χ4v) is 2.14. The second-order valence-electron chi connectivity index (χ2n) is 4.32. The lowest BCUT2D eigenvalue weighted by Crippen LogP contribution is -2.54. The molecule has 1 aliphatic carbocycles. The van der Waals surface area contributed by atoms with Crippen molar-refractivity contribution in [2.24, 2.45) is 0 Å². The maximum Gasteiger partial charge on any atom is 0.304 e. The molecule has 0 spiro atoms. The summed E-state index contributed by atoms with van der Waals surface area (Å²) in [5.41, 5.74) is 0. The molecule has 0 aromatic heterocycles. The van der Waals surface area contributed by atoms with Crippen molar-refractivity contribution < 1.29 is 14.6 Å². The van der Waals surface area contributed by atoms with Crippen molar-refractivity contribution in [2.45, 2.75) is 44.3 Å². The average molecular weight is 199 g/mol. The SMILES string of the molecule is CC(CC(=O)O)N(C1CC1)C1COC1. The lowest BCUT2D eigenvalue weighted by molar-refractivity contribution is -0.140. The smallest absolute Gasteiger partial charge is 0.304 e. The zero-order chi connectivity index (χ0) is 10.1. The van der Waals surface area contributed by atoms with Gasteiger partial charge in [0.1, 0.15) is 0 Å². The van der Waals surface area contributed by atoms with Crippen LogP contribution in [-0.4, -0.2) is 47.3 Å². The van der Waals surface area contributed by atoms with Gasteiger partial charge in [0.25, 0.3) is 0 Å². The van der Waals surface area contributed by atoms with Crippen molar-refractivity contribution >= 4 is 5.97 Å². The third-order valence-corrected chi connectivity index (χ3v) is 2.99. The Morgan fingerprint density at radius 1 is 1.50 bits per heavy atom. The van der Waals surface area contributed by atoms with Gasteiger partial charge in [-0.1, -0.05) is 0 Å². The molecule has 1 saturated heterocycles. The van der Waals surface area contributed by atoms with Gasteiger partial charge in [-0.3, -0.25) is 9.69 Å². The molecule has 0 aromatic carbocycles. The van der Waals surface area contributed by atoms with Gasteiger partial charge in [-0.2, -0.15) is 0 Å². The highest BCUT2D eigenvalue weighted by Gasteiger charge is 2.40. The van der Waals surface area contributed by atoms with Crippen LogP contribution in [0.4, 0.5) is 0 Å². The predicted molar refractivity (Wildman–Crippen MR) is 51.2 cm³/mol. The molecule has 1 N–H and O–H groups in total. The van der Waals surface area contributed by atoms with E-state index < -0.39 is 5.97 Å². The molecular weight excluding hydrogens is 182 g/mol. The highest BCUT2D eigenvalue weighted by atomic mass is 16.5. The topological polar surface area (TPSA) is 49.8 Å². The Balaban J connectivity index is 1.91. The van der Waals surface area contributed by atoms with Crippen LogP contribution in [0.15, 0.2) is 0 Å². The number of carboxylic acids is 1. The van der Waals surface area contributed by atoms with Crippen molar-refractivity contribution in [3.8, 4) is 0 Å². The maximum atomic E-state index is 10.6. The molecule has 0 amide bonds. The average Bonchev–Trinajstić information content (AvgIpc) is 2.76. The Bertz CT molecular complexity index is 223. The molecule has 1 atom stereocenters. The first-order valence-corrected chi connectivity index (χ1v) is 5.25. The first kappa shape index (κ1) is 9.93. The van der Waals surface area contributed by atoms with Gasteiger partial charge in [0.05, 0.1) is 25.7 Å². The molecule has 4 heteroatoms. The zero-order valence-electron chi connectivity index (χ0n) is 8.48. The molecule has 14 heavy (non-hydrogen) atoms. The molecular formula is C10H17NO3. The van der Waals surface area contributed by atoms with Gasteiger partial charge in [0, 0.05) is 12.1 Å². The summed E-state index contributed by atoms with van der Waals surface area (Å²) >= 11 is 0. The van der Waals surface area contributed by atoms with Crippen LogP contribution in [-0.2, 0) is 9.53 Å². The summed E-state index contributed by atoms with van der Waals surface area (Å²) in [5.74, 6) is -0.705. The molecule has 1 unspecified atom stereocenters. The van der Waals surface area contributed by atoms with E-state index in [1.807, 2.05) is 6.92 Å². The Hall–Kier alpha value is -0.610. The second-order valence-corrected chi connectivity index (χ2v) is 4.32. The summed E-state index contributed by atoms with van der Waals surface area (Å²) < 4.78 is 5.16. The number of hydrogen-bond donors (Lipinski definition) is 1. The van der Waals surface area contributed by atoms with E-state index in [4.69, 9.17) is 9.84 Å². The van der Waals surface area contributed by atoms with Gasteiger partial charge >= 0.3 is 5.97 Å². The third kappa shape index (κ3) is 2.07. The molecule has 2 fully saturated rings. The Kier molecular flexibility index (Phi) is 2.74. The fraction of sp³-hybridized carbons (Fsp3) is 0.900. The van der Waals surface area contributed by atoms with Gasteiger partial charge in [-0.25, -0.2) is 0 Å². The molecule has 2 rings (SSSR count). The Morgan fingerprint density at radius 3 is 2.50 bits per heavy atom. The first-order valence-electron chi connectivity index (χ1n) is 5.25. The van der Waals surface area contributed by atoms with E-state index in [9.17, 15) is 4.79 Å². The number of hydrogen-bond acceptors (Lipinski definition) is 3. The highest BCUT2D eigenvalue weighted by Crippen LogP contribution is 2.33. The van der Waals surface area contributed by atoms with Crippen LogP contribution in [0.2, 0.25) is 0 Å². The normalized spacial score (nSPS) is 24.7. The summed E-state index contributed by atoms with van der Waals surface area (Å²) in [6.07, 6.45) is 2.69. The molecule has 4 nitrogen and oxygen atoms in total. The van der Waals surface area contributed by atoms with E-state index in [1.165, 1.54) is 12.8 Å². The van der Waals surface area contributed by atoms with Crippen LogP contribution in [0.5, 0.6) is 0 Å². The number of aliphatic carboxylic acids is 1. The number of ether oxygens (including phenoxy) is 1. The molecule has 0 bridgehead atoms. The fourth-order valence-electron chi connectivity index (χ4n) is 2.14. The van der Waals surface area contributed by atoms with E-state index in [2.05, 4.69) is 4.90 Å². The first-order chi connectivity index (χ1) is 6.68. The van der Waals surface area contributed by atoms with Gasteiger partial charge < -0.3 is 9.84 Å². The summed E-state index contributed by atoms with van der Waals surface area (Å²) in [6, 6.07) is 1.24. The monoisotopic (exact) mass is 199 g/mol. The summed E-state index contributed by atoms with van der Waals surface area (Å²) in [5, 5.41) is 8.75. The number of carboxylic acid groups (broad SMARTS) is 1. The third-order valence-electron chi connectivity index (χ3n) is 2.99. The van der Waals surface area contributed by atoms with Gasteiger partial charge in [0.2, 0.25) is 0 Å². The Morgan fingerprint density at radius 2 is 2.14 bits per heavy atom. The molecule has 0 radical (unpaired) electrons. The Labute approximate surface area is 83.8 Å². The quantitative estimate of drug-likeness (QED) is 0.708. The van der Waals surface area contributed by atoms with Crippen molar-refractivity contribution in [1.82, 2.24) is 4.90 Å². The number of carbonyl (C=O) groups is 1. The molecule has 1 saturated carbocycles. The maximum absolute atomic E-state index is 10.6. The van der Waals surface area contributed by atoms with Crippen molar-refractivity contribution in [2.75, 3.05) is 13.2 Å². The summed E-state index contributed by atoms with van der Waals surface area (Å²) in [7, 11) is 0. The minimum absolute atomic E-state index is 0.147. The molecule has 0 aromatic rings. The van der Waals surface area contributed by atoms with Crippen molar-refractivity contribution in [1.29, 1.82) is 0 Å². The van der Waals surface area contributed by atoms with E-state index in [-0.39, 0.29) is 12.5 Å². The zero-order valence-corrected chi connectivity index (χ0v) is 8.48. The van der Waals surface area contributed by atoms with Crippen LogP contribution < -0.4 is 0 Å². The highest BCUT2D eigenvalue weighted by molar-refractivity contribution is 5.67. The molecule has 1 heterocycles. The van der Waals surface area contributed by atoms with E-state index >= 15 is 0 Å². The van der Waals surface area contributed by atoms with E-state index in [0.29, 0.717) is 12.1 Å². The minimum atomic E-state index is -0.705. The van der Waals surface area contributed by atoms with Gasteiger partial charge in [-0.05, 0) is 19.8 Å². The van der Waals surface area contributed by atoms with Gasteiger partial charge in [-0.15, -0.1) is 0 Å². The largest absolute Gasteiger partial charge is 0.481 e. The molecule has 2 aliphatic rings. The predicted octanol–water partition coefficient (Wildman–Crippen LogP) is 0.713. The van der Waals surface area contributed by atoms with E-state index in [0.717, 1.165) is 13.2 Å². The second kappa shape index (κ2) is 3.87. The van der Waals surface area contributed by atoms with Crippen LogP contribution in [0, 0.1) is 0 Å². The van der Waals surface area contributed by atoms with Crippen molar-refractivity contribution in [3.05, 3.63) is 0 Å². The standard InChI is InChI=1S/C10H17NO3/c1-7(4-10(12)13)11(8-2-3-8)9-5-14-6-9/h7-9H,2-6H2,1H3,(H,12,13). The molecule has 80 valence electrons. The minimum Gasteiger partial charge on any atom is -0.481 e. The van der Waals surface area contributed by atoms with Gasteiger partial charge in [0.15, 0.2) is 0 Å². The van der Waals surface area contributed by atoms with Crippen LogP contribution in [0.1, 0.15) is 26.2 Å². The van der Waals surface area contributed by atoms with Crippen LogP contribution in [0.25, 0.3) is 0 Å². The van der Waals surface area contributed by atoms with Crippen LogP contribution >= 0.6 is 0 Å². The summed E-state index contributed by atoms with van der Waals surface area (Å²) in [4.78, 5) is 13.0. The summed E-state index contributed by atoms with van der Waals surface area (Å²) in [6.45, 7) is 3.56. The number of rotatable bonds is 5. The number of nitrogens with zero attached hydrogens (tertiary/aromatic N) is 1. The lowest BCUT2D eigenvalue weighted by Gasteiger charge is -2.40.